The second-order valence-corrected chi connectivity index (χ2v) is 10.5. The molecule has 2 heteroatoms. The van der Waals surface area contributed by atoms with Gasteiger partial charge in [-0.05, 0) is 0 Å². The van der Waals surface area contributed by atoms with Crippen LogP contribution in [0.1, 0.15) is 0 Å². The van der Waals surface area contributed by atoms with Crippen LogP contribution in [-0.4, -0.2) is 40.0 Å². The van der Waals surface area contributed by atoms with Crippen LogP contribution in [0.15, 0.2) is 60.7 Å². The van der Waals surface area contributed by atoms with Crippen molar-refractivity contribution in [2.45, 2.75) is 8.97 Å². The third kappa shape index (κ3) is 5.86. The Hall–Kier alpha value is -0.0795. The summed E-state index contributed by atoms with van der Waals surface area (Å²) in [6, 6.07) is 21.4. The van der Waals surface area contributed by atoms with Gasteiger partial charge in [0.2, 0.25) is 0 Å². The Morgan fingerprint density at radius 2 is 1.00 bits per heavy atom. The van der Waals surface area contributed by atoms with Gasteiger partial charge in [-0.3, -0.25) is 0 Å². The second kappa shape index (κ2) is 9.00. The van der Waals surface area contributed by atoms with Gasteiger partial charge in [0.25, 0.3) is 0 Å². The Labute approximate surface area is 117 Å². The van der Waals surface area contributed by atoms with Gasteiger partial charge in [0.05, 0.1) is 0 Å². The van der Waals surface area contributed by atoms with E-state index in [1.54, 1.807) is 0 Å². The average molecular weight is 464 g/mol. The standard InChI is InChI=1S/C12H10As.2CH3.Tl/c1-3-7-11(8-4-1)13-12-9-5-2-6-10-12;;;/h1-10H;2*1H3;. The molecule has 0 aliphatic rings. The molecule has 0 aliphatic heterocycles. The van der Waals surface area contributed by atoms with Crippen molar-refractivity contribution in [2.75, 3.05) is 0 Å². The summed E-state index contributed by atoms with van der Waals surface area (Å²) in [7, 11) is 0. The summed E-state index contributed by atoms with van der Waals surface area (Å²) < 4.78 is 7.59. The van der Waals surface area contributed by atoms with Gasteiger partial charge >= 0.3 is 118 Å². The first-order valence-corrected chi connectivity index (χ1v) is 16.3. The minimum absolute atomic E-state index is 0.000000000000000111. The molecule has 0 unspecified atom stereocenters. The zero-order chi connectivity index (χ0) is 11.6. The quantitative estimate of drug-likeness (QED) is 0.599. The van der Waals surface area contributed by atoms with Crippen molar-refractivity contribution < 1.29 is 0 Å². The van der Waals surface area contributed by atoms with Crippen LogP contribution in [0, 0.1) is 0 Å². The third-order valence-electron chi connectivity index (χ3n) is 1.77. The molecule has 0 atom stereocenters. The van der Waals surface area contributed by atoms with E-state index in [2.05, 4.69) is 69.6 Å². The fraction of sp³-hybridized carbons (Fsp3) is 0.143. The zero-order valence-corrected chi connectivity index (χ0v) is 16.2. The molecule has 0 fully saturated rings. The fourth-order valence-electron chi connectivity index (χ4n) is 1.15. The van der Waals surface area contributed by atoms with Crippen molar-refractivity contribution >= 4 is 48.7 Å². The molecule has 0 N–H and O–H groups in total. The van der Waals surface area contributed by atoms with Gasteiger partial charge in [0, 0.05) is 0 Å². The zero-order valence-electron chi connectivity index (χ0n) is 9.80. The van der Waals surface area contributed by atoms with E-state index in [0.717, 1.165) is 0 Å². The molecule has 2 aromatic rings. The first-order chi connectivity index (χ1) is 7.86. The summed E-state index contributed by atoms with van der Waals surface area (Å²) in [4.78, 5) is 0. The van der Waals surface area contributed by atoms with Crippen molar-refractivity contribution in [1.82, 2.24) is 0 Å². The second-order valence-electron chi connectivity index (χ2n) is 3.36. The van der Waals surface area contributed by atoms with Crippen molar-refractivity contribution in [1.29, 1.82) is 0 Å². The first kappa shape index (κ1) is 14.0. The first-order valence-electron chi connectivity index (χ1n) is 5.42. The molecule has 0 nitrogen and oxygen atoms in total. The van der Waals surface area contributed by atoms with Crippen molar-refractivity contribution in [3.63, 3.8) is 0 Å². The van der Waals surface area contributed by atoms with E-state index in [9.17, 15) is 0 Å². The summed E-state index contributed by atoms with van der Waals surface area (Å²) in [6.07, 6.45) is 0. The van der Waals surface area contributed by atoms with E-state index in [4.69, 9.17) is 0 Å². The Bertz CT molecular complexity index is 335. The normalized spacial score (nSPS) is 8.62. The molecule has 0 saturated heterocycles. The topological polar surface area (TPSA) is 0 Å². The Morgan fingerprint density at radius 3 is 1.31 bits per heavy atom. The molecule has 0 heterocycles. The molecule has 80 valence electrons. The van der Waals surface area contributed by atoms with Crippen molar-refractivity contribution in [3.05, 3.63) is 60.7 Å². The third-order valence-corrected chi connectivity index (χ3v) is 4.11. The molecule has 0 saturated carbocycles. The van der Waals surface area contributed by atoms with Crippen LogP contribution in [0.4, 0.5) is 0 Å². The van der Waals surface area contributed by atoms with Gasteiger partial charge in [0.15, 0.2) is 0 Å². The van der Waals surface area contributed by atoms with E-state index >= 15 is 0 Å². The SMILES string of the molecule is [CH3][Tl][CH3].c1ccc([As]c2ccccc2)cc1. The van der Waals surface area contributed by atoms with Gasteiger partial charge in [0.1, 0.15) is 0 Å². The summed E-state index contributed by atoms with van der Waals surface area (Å²) in [5.41, 5.74) is 0. The fourth-order valence-corrected chi connectivity index (χ4v) is 3.13. The number of rotatable bonds is 2. The summed E-state index contributed by atoms with van der Waals surface area (Å²) in [5.74, 6) is 0. The Balaban J connectivity index is 0.000000386. The van der Waals surface area contributed by atoms with Gasteiger partial charge in [-0.15, -0.1) is 0 Å². The predicted octanol–water partition coefficient (Wildman–Crippen LogP) is 2.13. The number of hydrogen-bond acceptors (Lipinski definition) is 0. The van der Waals surface area contributed by atoms with Crippen LogP contribution in [0.3, 0.4) is 0 Å². The maximum absolute atomic E-state index is 2.33. The Morgan fingerprint density at radius 1 is 0.688 bits per heavy atom. The number of benzene rings is 2. The molecule has 0 bridgehead atoms. The Kier molecular flexibility index (Phi) is 7.87. The van der Waals surface area contributed by atoms with Crippen molar-refractivity contribution in [2.24, 2.45) is 0 Å². The maximum atomic E-state index is 2.33. The van der Waals surface area contributed by atoms with E-state index in [0.29, 0.717) is 0 Å². The van der Waals surface area contributed by atoms with Gasteiger partial charge in [-0.2, -0.15) is 0 Å². The molecule has 0 aromatic heterocycles. The predicted molar refractivity (Wildman–Crippen MR) is 75.4 cm³/mol. The molecule has 16 heavy (non-hydrogen) atoms. The van der Waals surface area contributed by atoms with Crippen LogP contribution in [0.5, 0.6) is 0 Å². The molecule has 1 radical (unpaired) electrons. The van der Waals surface area contributed by atoms with E-state index < -0.39 is 0 Å². The average Bonchev–Trinajstić information content (AvgIpc) is 2.33. The summed E-state index contributed by atoms with van der Waals surface area (Å²) >= 11 is 0.177. The van der Waals surface area contributed by atoms with Gasteiger partial charge in [-0.1, -0.05) is 0 Å². The molecular weight excluding hydrogens is 447 g/mol. The monoisotopic (exact) mass is 464 g/mol. The van der Waals surface area contributed by atoms with E-state index in [1.165, 1.54) is 8.70 Å². The number of hydrogen-bond donors (Lipinski definition) is 0. The molecule has 2 aromatic carbocycles. The minimum atomic E-state index is -0.000000000000000111. The molecular formula is C14H16AsTl. The molecule has 0 amide bonds. The summed E-state index contributed by atoms with van der Waals surface area (Å²) in [6.45, 7) is 0. The molecule has 2 rings (SSSR count). The van der Waals surface area contributed by atoms with Crippen LogP contribution in [0.25, 0.3) is 0 Å². The van der Waals surface area contributed by atoms with Crippen LogP contribution >= 0.6 is 0 Å². The van der Waals surface area contributed by atoms with Gasteiger partial charge in [-0.25, -0.2) is 0 Å². The van der Waals surface area contributed by atoms with E-state index in [-0.39, 0.29) is 40.0 Å². The molecule has 0 aliphatic carbocycles. The van der Waals surface area contributed by atoms with Crippen LogP contribution in [-0.2, 0) is 0 Å². The van der Waals surface area contributed by atoms with E-state index in [1.807, 2.05) is 0 Å². The van der Waals surface area contributed by atoms with Gasteiger partial charge < -0.3 is 0 Å². The molecule has 0 spiro atoms. The summed E-state index contributed by atoms with van der Waals surface area (Å²) in [5, 5.41) is 0. The van der Waals surface area contributed by atoms with Crippen LogP contribution in [0.2, 0.25) is 8.97 Å². The van der Waals surface area contributed by atoms with Crippen LogP contribution < -0.4 is 8.70 Å². The van der Waals surface area contributed by atoms with Crippen molar-refractivity contribution in [3.8, 4) is 0 Å².